The second-order valence-corrected chi connectivity index (χ2v) is 13.3. The molecule has 0 bridgehead atoms. The van der Waals surface area contributed by atoms with Gasteiger partial charge in [0.05, 0.1) is 29.8 Å². The summed E-state index contributed by atoms with van der Waals surface area (Å²) in [5, 5.41) is 49.0. The van der Waals surface area contributed by atoms with Crippen molar-refractivity contribution >= 4 is 5.97 Å². The fourth-order valence-corrected chi connectivity index (χ4v) is 6.72. The van der Waals surface area contributed by atoms with Gasteiger partial charge in [-0.2, -0.15) is 0 Å². The largest absolute Gasteiger partial charge is 0.459 e. The number of nitrogens with one attached hydrogen (secondary N) is 1. The van der Waals surface area contributed by atoms with Gasteiger partial charge in [0.15, 0.2) is 6.29 Å². The van der Waals surface area contributed by atoms with Gasteiger partial charge in [0.25, 0.3) is 0 Å². The molecular formula is C30H58N2O8. The summed E-state index contributed by atoms with van der Waals surface area (Å²) in [7, 11) is 3.74. The predicted octanol–water partition coefficient (Wildman–Crippen LogP) is 1.91. The number of hydrogen-bond acceptors (Lipinski definition) is 10. The van der Waals surface area contributed by atoms with Gasteiger partial charge in [-0.25, -0.2) is 0 Å². The van der Waals surface area contributed by atoms with Crippen LogP contribution in [0.1, 0.15) is 81.6 Å². The zero-order valence-electron chi connectivity index (χ0n) is 26.6. The number of rotatable bonds is 4. The van der Waals surface area contributed by atoms with E-state index in [9.17, 15) is 25.2 Å². The van der Waals surface area contributed by atoms with Crippen molar-refractivity contribution in [1.82, 2.24) is 10.2 Å². The molecule has 5 N–H and O–H groups in total. The van der Waals surface area contributed by atoms with E-state index in [1.807, 2.05) is 39.8 Å². The van der Waals surface area contributed by atoms with Crippen LogP contribution in [0.15, 0.2) is 0 Å². The molecule has 0 aliphatic carbocycles. The van der Waals surface area contributed by atoms with E-state index >= 15 is 0 Å². The first-order valence-electron chi connectivity index (χ1n) is 15.1. The van der Waals surface area contributed by atoms with Gasteiger partial charge in [0.2, 0.25) is 0 Å². The molecule has 0 radical (unpaired) electrons. The zero-order chi connectivity index (χ0) is 30.7. The maximum absolute atomic E-state index is 13.6. The molecule has 2 aliphatic heterocycles. The molecule has 2 rings (SSSR count). The number of nitrogens with zero attached hydrogens (tertiary/aromatic N) is 1. The van der Waals surface area contributed by atoms with Gasteiger partial charge in [0.1, 0.15) is 17.8 Å². The Bertz CT molecular complexity index is 811. The highest BCUT2D eigenvalue weighted by molar-refractivity contribution is 5.73. The summed E-state index contributed by atoms with van der Waals surface area (Å²) >= 11 is 0. The molecule has 10 heteroatoms. The molecule has 40 heavy (non-hydrogen) atoms. The lowest BCUT2D eigenvalue weighted by Crippen LogP contribution is -2.59. The van der Waals surface area contributed by atoms with Crippen molar-refractivity contribution in [2.45, 2.75) is 142 Å². The van der Waals surface area contributed by atoms with Gasteiger partial charge in [0, 0.05) is 31.0 Å². The standard InChI is InChI=1S/C30H58N2O8/c1-12-23-30(9,37)27(34)20(6)32(11)15-16(2)14-29(8,36)26(33)18(4)25(19(5)28(35)39-23)40-24-13-22(31-10)17(3)21(7)38-24/h16-27,31,33-34,36-37H,12-15H2,1-11H3/t16-,17-,18+,19-,20-,21?,22?,23-,24+,25+,26-,27-,29-,30-/m1/s1. The Balaban J connectivity index is 2.50. The number of likely N-dealkylation sites (N-methyl/N-ethyl adjacent to an activating group) is 1. The number of carbonyl (C=O) groups is 1. The number of aliphatic hydroxyl groups is 4. The zero-order valence-corrected chi connectivity index (χ0v) is 26.6. The Morgan fingerprint density at radius 3 is 2.20 bits per heavy atom. The average molecular weight is 575 g/mol. The van der Waals surface area contributed by atoms with Crippen molar-refractivity contribution in [1.29, 1.82) is 0 Å². The fraction of sp³-hybridized carbons (Fsp3) is 0.967. The van der Waals surface area contributed by atoms with E-state index in [-0.39, 0.29) is 30.4 Å². The molecule has 2 aliphatic rings. The Morgan fingerprint density at radius 1 is 1.05 bits per heavy atom. The van der Waals surface area contributed by atoms with E-state index in [1.165, 1.54) is 6.92 Å². The lowest BCUT2D eigenvalue weighted by atomic mass is 9.78. The smallest absolute Gasteiger partial charge is 0.311 e. The van der Waals surface area contributed by atoms with E-state index in [2.05, 4.69) is 12.2 Å². The molecule has 0 aromatic rings. The van der Waals surface area contributed by atoms with E-state index in [0.717, 1.165) is 0 Å². The number of ether oxygens (including phenoxy) is 3. The second-order valence-electron chi connectivity index (χ2n) is 13.3. The first kappa shape index (κ1) is 35.3. The quantitative estimate of drug-likeness (QED) is 0.316. The van der Waals surface area contributed by atoms with Crippen LogP contribution < -0.4 is 5.32 Å². The third-order valence-corrected chi connectivity index (χ3v) is 9.78. The Labute approximate surface area is 241 Å². The summed E-state index contributed by atoms with van der Waals surface area (Å²) in [6, 6.07) is -0.326. The van der Waals surface area contributed by atoms with Crippen molar-refractivity contribution in [3.05, 3.63) is 0 Å². The summed E-state index contributed by atoms with van der Waals surface area (Å²) < 4.78 is 18.5. The second kappa shape index (κ2) is 14.1. The van der Waals surface area contributed by atoms with Crippen LogP contribution in [0.5, 0.6) is 0 Å². The van der Waals surface area contributed by atoms with Gasteiger partial charge in [-0.15, -0.1) is 0 Å². The Hall–Kier alpha value is -0.850. The van der Waals surface area contributed by atoms with Gasteiger partial charge >= 0.3 is 5.97 Å². The molecular weight excluding hydrogens is 516 g/mol. The van der Waals surface area contributed by atoms with Crippen LogP contribution in [0, 0.1) is 23.7 Å². The van der Waals surface area contributed by atoms with Gasteiger partial charge in [-0.1, -0.05) is 27.7 Å². The number of aliphatic hydroxyl groups excluding tert-OH is 2. The van der Waals surface area contributed by atoms with Crippen LogP contribution in [-0.4, -0.2) is 112 Å². The van der Waals surface area contributed by atoms with Crippen molar-refractivity contribution in [3.8, 4) is 0 Å². The van der Waals surface area contributed by atoms with Crippen molar-refractivity contribution in [2.24, 2.45) is 23.7 Å². The maximum atomic E-state index is 13.6. The van der Waals surface area contributed by atoms with Gasteiger partial charge in [-0.05, 0) is 73.4 Å². The Morgan fingerprint density at radius 2 is 1.65 bits per heavy atom. The first-order chi connectivity index (χ1) is 18.4. The topological polar surface area (TPSA) is 141 Å². The molecule has 2 unspecified atom stereocenters. The van der Waals surface area contributed by atoms with E-state index in [0.29, 0.717) is 19.4 Å². The number of esters is 1. The lowest BCUT2D eigenvalue weighted by Gasteiger charge is -2.44. The number of hydrogen-bond donors (Lipinski definition) is 5. The highest BCUT2D eigenvalue weighted by Crippen LogP contribution is 2.35. The SMILES string of the molecule is CC[C@H]1OC(=O)[C@H](C)[C@@H](O[C@H]2CC(NC)[C@H](C)C(C)O2)[C@H](C)[C@@H](O)[C@](C)(O)C[C@@H](C)CN(C)[C@H](C)[C@@H](O)[C@]1(C)O. The third kappa shape index (κ3) is 7.95. The van der Waals surface area contributed by atoms with Crippen LogP contribution in [-0.2, 0) is 19.0 Å². The van der Waals surface area contributed by atoms with Crippen molar-refractivity contribution in [3.63, 3.8) is 0 Å². The first-order valence-corrected chi connectivity index (χ1v) is 15.1. The van der Waals surface area contributed by atoms with Gasteiger partial charge < -0.3 is 44.9 Å². The van der Waals surface area contributed by atoms with E-state index < -0.39 is 65.8 Å². The molecule has 2 saturated heterocycles. The average Bonchev–Trinajstić information content (AvgIpc) is 2.88. The van der Waals surface area contributed by atoms with Crippen LogP contribution in [0.25, 0.3) is 0 Å². The van der Waals surface area contributed by atoms with E-state index in [4.69, 9.17) is 14.2 Å². The molecule has 14 atom stereocenters. The normalized spacial score (nSPS) is 49.1. The molecule has 0 aromatic carbocycles. The van der Waals surface area contributed by atoms with E-state index in [1.54, 1.807) is 27.7 Å². The fourth-order valence-electron chi connectivity index (χ4n) is 6.72. The summed E-state index contributed by atoms with van der Waals surface area (Å²) in [5.41, 5.74) is -3.20. The summed E-state index contributed by atoms with van der Waals surface area (Å²) in [6.07, 6.45) is -3.85. The lowest BCUT2D eigenvalue weighted by molar-refractivity contribution is -0.255. The molecule has 236 valence electrons. The van der Waals surface area contributed by atoms with Crippen LogP contribution in [0.2, 0.25) is 0 Å². The van der Waals surface area contributed by atoms with Crippen LogP contribution >= 0.6 is 0 Å². The molecule has 2 fully saturated rings. The minimum Gasteiger partial charge on any atom is -0.459 e. The Kier molecular flexibility index (Phi) is 12.4. The van der Waals surface area contributed by atoms with Crippen LogP contribution in [0.4, 0.5) is 0 Å². The summed E-state index contributed by atoms with van der Waals surface area (Å²) in [4.78, 5) is 15.5. The molecule has 0 spiro atoms. The highest BCUT2D eigenvalue weighted by Gasteiger charge is 2.48. The third-order valence-electron chi connectivity index (χ3n) is 9.78. The minimum absolute atomic E-state index is 0.0522. The number of cyclic esters (lactones) is 1. The summed E-state index contributed by atoms with van der Waals surface area (Å²) in [6.45, 7) is 16.7. The van der Waals surface area contributed by atoms with Crippen molar-refractivity contribution in [2.75, 3.05) is 20.6 Å². The monoisotopic (exact) mass is 574 g/mol. The molecule has 2 heterocycles. The highest BCUT2D eigenvalue weighted by atomic mass is 16.7. The predicted molar refractivity (Wildman–Crippen MR) is 153 cm³/mol. The van der Waals surface area contributed by atoms with Gasteiger partial charge in [-0.3, -0.25) is 4.79 Å². The number of carbonyl (C=O) groups excluding carboxylic acids is 1. The molecule has 0 amide bonds. The van der Waals surface area contributed by atoms with Crippen molar-refractivity contribution < 1.29 is 39.4 Å². The van der Waals surface area contributed by atoms with Crippen LogP contribution in [0.3, 0.4) is 0 Å². The maximum Gasteiger partial charge on any atom is 0.311 e. The molecule has 10 nitrogen and oxygen atoms in total. The molecule has 0 saturated carbocycles. The summed E-state index contributed by atoms with van der Waals surface area (Å²) in [5.74, 6) is -1.94. The minimum atomic E-state index is -1.72. The molecule has 0 aromatic heterocycles.